The molecule has 2 fully saturated rings. The number of carbonyl (C=O) groups is 1. The molecule has 0 N–H and O–H groups in total. The van der Waals surface area contributed by atoms with Crippen LogP contribution in [-0.4, -0.2) is 63.8 Å². The number of aryl methyl sites for hydroxylation is 1. The number of carbonyl (C=O) groups excluding carboxylic acids is 1. The third-order valence-electron chi connectivity index (χ3n) is 6.45. The molecule has 3 heterocycles. The highest BCUT2D eigenvalue weighted by atomic mass is 16.5. The largest absolute Gasteiger partial charge is 0.486 e. The molecule has 1 amide bonds. The van der Waals surface area contributed by atoms with Crippen molar-refractivity contribution in [3.63, 3.8) is 0 Å². The maximum atomic E-state index is 13.1. The van der Waals surface area contributed by atoms with Gasteiger partial charge >= 0.3 is 0 Å². The summed E-state index contributed by atoms with van der Waals surface area (Å²) in [5.41, 5.74) is 2.72. The molecule has 5 rings (SSSR count). The highest BCUT2D eigenvalue weighted by Gasteiger charge is 2.44. The van der Waals surface area contributed by atoms with Gasteiger partial charge in [0, 0.05) is 45.0 Å². The SMILES string of the molecule is CN1C(=O)c2ccc(-c3cnn(C)c3)cc2OC2CN(C3CCCC3)CC21. The highest BCUT2D eigenvalue weighted by Crippen LogP contribution is 2.36. The molecule has 6 heteroatoms. The number of aromatic nitrogens is 2. The molecule has 2 unspecified atom stereocenters. The topological polar surface area (TPSA) is 50.6 Å². The third-order valence-corrected chi connectivity index (χ3v) is 6.45. The Bertz CT molecular complexity index is 871. The number of fused-ring (bicyclic) bond motifs is 2. The van der Waals surface area contributed by atoms with Crippen molar-refractivity contribution in [2.24, 2.45) is 7.05 Å². The number of hydrogen-bond donors (Lipinski definition) is 0. The number of nitrogens with zero attached hydrogens (tertiary/aromatic N) is 4. The van der Waals surface area contributed by atoms with Gasteiger partial charge in [0.05, 0.1) is 17.8 Å². The Morgan fingerprint density at radius 3 is 2.67 bits per heavy atom. The molecule has 2 atom stereocenters. The van der Waals surface area contributed by atoms with Crippen molar-refractivity contribution in [1.82, 2.24) is 19.6 Å². The number of benzene rings is 1. The highest BCUT2D eigenvalue weighted by molar-refractivity contribution is 5.98. The molecule has 142 valence electrons. The van der Waals surface area contributed by atoms with Crippen LogP contribution in [0.4, 0.5) is 0 Å². The lowest BCUT2D eigenvalue weighted by atomic mass is 10.1. The van der Waals surface area contributed by atoms with E-state index in [9.17, 15) is 4.79 Å². The van der Waals surface area contributed by atoms with Crippen LogP contribution in [0, 0.1) is 0 Å². The zero-order valence-corrected chi connectivity index (χ0v) is 16.0. The van der Waals surface area contributed by atoms with E-state index >= 15 is 0 Å². The maximum Gasteiger partial charge on any atom is 0.257 e. The Morgan fingerprint density at radius 1 is 1.11 bits per heavy atom. The number of hydrogen-bond acceptors (Lipinski definition) is 4. The summed E-state index contributed by atoms with van der Waals surface area (Å²) in [6.45, 7) is 1.82. The second-order valence-electron chi connectivity index (χ2n) is 8.15. The lowest BCUT2D eigenvalue weighted by molar-refractivity contribution is 0.0681. The van der Waals surface area contributed by atoms with Crippen LogP contribution in [0.15, 0.2) is 30.6 Å². The monoisotopic (exact) mass is 366 g/mol. The number of likely N-dealkylation sites (tertiary alicyclic amines) is 1. The van der Waals surface area contributed by atoms with Crippen molar-refractivity contribution in [1.29, 1.82) is 0 Å². The number of amides is 1. The first-order chi connectivity index (χ1) is 13.1. The molecule has 1 saturated carbocycles. The summed E-state index contributed by atoms with van der Waals surface area (Å²) in [7, 11) is 3.83. The summed E-state index contributed by atoms with van der Waals surface area (Å²) in [4.78, 5) is 17.5. The predicted molar refractivity (Wildman–Crippen MR) is 103 cm³/mol. The van der Waals surface area contributed by atoms with Gasteiger partial charge in [0.15, 0.2) is 0 Å². The average Bonchev–Trinajstić information content (AvgIpc) is 3.40. The standard InChI is InChI=1S/C21H26N4O2/c1-23-11-15(10-22-23)14-7-8-17-19(9-14)27-20-13-25(16-5-3-4-6-16)12-18(20)24(2)21(17)26/h7-11,16,18,20H,3-6,12-13H2,1-2H3. The molecule has 27 heavy (non-hydrogen) atoms. The fourth-order valence-corrected chi connectivity index (χ4v) is 4.89. The van der Waals surface area contributed by atoms with E-state index in [1.807, 2.05) is 49.6 Å². The molecule has 6 nitrogen and oxygen atoms in total. The van der Waals surface area contributed by atoms with Crippen molar-refractivity contribution in [2.75, 3.05) is 20.1 Å². The van der Waals surface area contributed by atoms with E-state index in [2.05, 4.69) is 10.00 Å². The van der Waals surface area contributed by atoms with Gasteiger partial charge in [-0.2, -0.15) is 5.10 Å². The normalized spacial score (nSPS) is 26.0. The summed E-state index contributed by atoms with van der Waals surface area (Å²) < 4.78 is 8.23. The Morgan fingerprint density at radius 2 is 1.93 bits per heavy atom. The van der Waals surface area contributed by atoms with E-state index in [0.29, 0.717) is 17.4 Å². The molecular weight excluding hydrogens is 340 g/mol. The van der Waals surface area contributed by atoms with E-state index in [4.69, 9.17) is 4.74 Å². The molecule has 1 saturated heterocycles. The van der Waals surface area contributed by atoms with Crippen molar-refractivity contribution in [2.45, 2.75) is 43.9 Å². The molecule has 0 spiro atoms. The van der Waals surface area contributed by atoms with E-state index < -0.39 is 0 Å². The smallest absolute Gasteiger partial charge is 0.257 e. The van der Waals surface area contributed by atoms with Crippen LogP contribution in [0.2, 0.25) is 0 Å². The molecule has 2 aliphatic heterocycles. The van der Waals surface area contributed by atoms with E-state index in [-0.39, 0.29) is 18.1 Å². The van der Waals surface area contributed by atoms with E-state index in [0.717, 1.165) is 24.2 Å². The summed E-state index contributed by atoms with van der Waals surface area (Å²) in [6, 6.07) is 6.65. The van der Waals surface area contributed by atoms with Crippen LogP contribution in [0.25, 0.3) is 11.1 Å². The third kappa shape index (κ3) is 2.83. The van der Waals surface area contributed by atoms with Gasteiger partial charge in [-0.25, -0.2) is 0 Å². The molecule has 1 aromatic heterocycles. The summed E-state index contributed by atoms with van der Waals surface area (Å²) in [6.07, 6.45) is 9.05. The Labute approximate surface area is 159 Å². The lowest BCUT2D eigenvalue weighted by Gasteiger charge is -2.26. The molecule has 1 aliphatic carbocycles. The lowest BCUT2D eigenvalue weighted by Crippen LogP contribution is -2.44. The van der Waals surface area contributed by atoms with Gasteiger partial charge in [0.25, 0.3) is 5.91 Å². The van der Waals surface area contributed by atoms with Gasteiger partial charge in [0.2, 0.25) is 0 Å². The number of likely N-dealkylation sites (N-methyl/N-ethyl adjacent to an activating group) is 1. The Balaban J connectivity index is 1.47. The summed E-state index contributed by atoms with van der Waals surface area (Å²) in [5, 5.41) is 4.25. The summed E-state index contributed by atoms with van der Waals surface area (Å²) in [5.74, 6) is 0.762. The minimum Gasteiger partial charge on any atom is -0.486 e. The minimum atomic E-state index is 0.0324. The van der Waals surface area contributed by atoms with Crippen LogP contribution in [0.1, 0.15) is 36.0 Å². The van der Waals surface area contributed by atoms with Crippen molar-refractivity contribution < 1.29 is 9.53 Å². The Hall–Kier alpha value is -2.34. The van der Waals surface area contributed by atoms with E-state index in [1.54, 1.807) is 4.68 Å². The molecular formula is C21H26N4O2. The molecule has 2 aromatic rings. The maximum absolute atomic E-state index is 13.1. The van der Waals surface area contributed by atoms with Crippen LogP contribution >= 0.6 is 0 Å². The quantitative estimate of drug-likeness (QED) is 0.820. The first-order valence-corrected chi connectivity index (χ1v) is 9.91. The zero-order valence-electron chi connectivity index (χ0n) is 16.0. The minimum absolute atomic E-state index is 0.0324. The first kappa shape index (κ1) is 16.8. The van der Waals surface area contributed by atoms with E-state index in [1.165, 1.54) is 25.7 Å². The van der Waals surface area contributed by atoms with Gasteiger partial charge in [0.1, 0.15) is 11.9 Å². The van der Waals surface area contributed by atoms with Crippen LogP contribution in [0.3, 0.4) is 0 Å². The first-order valence-electron chi connectivity index (χ1n) is 9.91. The fraction of sp³-hybridized carbons (Fsp3) is 0.524. The van der Waals surface area contributed by atoms with Gasteiger partial charge in [-0.1, -0.05) is 18.9 Å². The Kier molecular flexibility index (Phi) is 3.97. The molecule has 1 aromatic carbocycles. The van der Waals surface area contributed by atoms with Crippen LogP contribution in [0.5, 0.6) is 5.75 Å². The van der Waals surface area contributed by atoms with Crippen molar-refractivity contribution in [3.8, 4) is 16.9 Å². The van der Waals surface area contributed by atoms with Crippen molar-refractivity contribution >= 4 is 5.91 Å². The molecule has 0 bridgehead atoms. The van der Waals surface area contributed by atoms with Gasteiger partial charge < -0.3 is 9.64 Å². The van der Waals surface area contributed by atoms with Crippen LogP contribution < -0.4 is 4.74 Å². The number of ether oxygens (including phenoxy) is 1. The van der Waals surface area contributed by atoms with Gasteiger partial charge in [-0.05, 0) is 30.5 Å². The summed E-state index contributed by atoms with van der Waals surface area (Å²) >= 11 is 0. The molecule has 0 radical (unpaired) electrons. The zero-order chi connectivity index (χ0) is 18.5. The fourth-order valence-electron chi connectivity index (χ4n) is 4.89. The second kappa shape index (κ2) is 6.37. The number of rotatable bonds is 2. The van der Waals surface area contributed by atoms with Gasteiger partial charge in [-0.3, -0.25) is 14.4 Å². The second-order valence-corrected chi connectivity index (χ2v) is 8.15. The predicted octanol–water partition coefficient (Wildman–Crippen LogP) is 2.55. The average molecular weight is 366 g/mol. The molecule has 3 aliphatic rings. The van der Waals surface area contributed by atoms with Crippen LogP contribution in [-0.2, 0) is 7.05 Å². The van der Waals surface area contributed by atoms with Crippen molar-refractivity contribution in [3.05, 3.63) is 36.2 Å². The van der Waals surface area contributed by atoms with Gasteiger partial charge in [-0.15, -0.1) is 0 Å².